The first-order chi connectivity index (χ1) is 9.89. The monoisotopic (exact) mass is 293 g/mol. The number of piperidine rings is 1. The molecule has 0 unspecified atom stereocenters. The Bertz CT molecular complexity index is 565. The first-order valence-electron chi connectivity index (χ1n) is 6.99. The molecule has 2 rings (SSSR count). The molecule has 0 amide bonds. The minimum absolute atomic E-state index is 0.0191. The number of rotatable bonds is 4. The second-order valence-electron chi connectivity index (χ2n) is 5.54. The zero-order chi connectivity index (χ0) is 15.6. The van der Waals surface area contributed by atoms with E-state index in [0.717, 1.165) is 5.56 Å². The summed E-state index contributed by atoms with van der Waals surface area (Å²) in [4.78, 5) is 28.1. The predicted molar refractivity (Wildman–Crippen MR) is 77.4 cm³/mol. The molecule has 0 aromatic carbocycles. The van der Waals surface area contributed by atoms with E-state index in [2.05, 4.69) is 4.98 Å². The molecule has 1 aliphatic rings. The Kier molecular flexibility index (Phi) is 4.11. The smallest absolute Gasteiger partial charge is 0.311 e. The molecule has 1 aromatic rings. The van der Waals surface area contributed by atoms with E-state index in [1.54, 1.807) is 13.1 Å². The highest BCUT2D eigenvalue weighted by molar-refractivity contribution is 5.75. The lowest BCUT2D eigenvalue weighted by Crippen LogP contribution is -2.44. The second kappa shape index (κ2) is 5.67. The van der Waals surface area contributed by atoms with Gasteiger partial charge in [-0.05, 0) is 31.7 Å². The van der Waals surface area contributed by atoms with Crippen molar-refractivity contribution in [3.63, 3.8) is 0 Å². The molecule has 0 spiro atoms. The summed E-state index contributed by atoms with van der Waals surface area (Å²) >= 11 is 0. The maximum Gasteiger partial charge on any atom is 0.311 e. The molecule has 1 aromatic heterocycles. The van der Waals surface area contributed by atoms with Crippen LogP contribution in [0.15, 0.2) is 12.3 Å². The van der Waals surface area contributed by atoms with E-state index in [1.165, 1.54) is 6.07 Å². The van der Waals surface area contributed by atoms with Crippen molar-refractivity contribution in [1.29, 1.82) is 0 Å². The van der Waals surface area contributed by atoms with Crippen LogP contribution in [0, 0.1) is 22.5 Å². The molecule has 0 bridgehead atoms. The van der Waals surface area contributed by atoms with Crippen LogP contribution >= 0.6 is 0 Å². The molecule has 1 N–H and O–H groups in total. The van der Waals surface area contributed by atoms with Gasteiger partial charge in [-0.1, -0.05) is 6.92 Å². The number of carboxylic acid groups (broad SMARTS) is 1. The van der Waals surface area contributed by atoms with E-state index in [-0.39, 0.29) is 5.69 Å². The van der Waals surface area contributed by atoms with Crippen molar-refractivity contribution < 1.29 is 14.8 Å². The van der Waals surface area contributed by atoms with Gasteiger partial charge in [-0.25, -0.2) is 4.98 Å². The normalized spacial score (nSPS) is 17.5. The topological polar surface area (TPSA) is 96.6 Å². The number of nitro groups is 1. The summed E-state index contributed by atoms with van der Waals surface area (Å²) in [6, 6.07) is 1.50. The lowest BCUT2D eigenvalue weighted by Gasteiger charge is -2.38. The second-order valence-corrected chi connectivity index (χ2v) is 5.54. The fraction of sp³-hybridized carbons (Fsp3) is 0.571. The largest absolute Gasteiger partial charge is 0.481 e. The summed E-state index contributed by atoms with van der Waals surface area (Å²) in [7, 11) is 0. The first-order valence-corrected chi connectivity index (χ1v) is 6.99. The molecule has 1 fully saturated rings. The number of pyridine rings is 1. The number of nitrogens with zero attached hydrogens (tertiary/aromatic N) is 3. The molecule has 1 aliphatic heterocycles. The third-order valence-electron chi connectivity index (χ3n) is 4.33. The Balaban J connectivity index is 2.23. The van der Waals surface area contributed by atoms with Gasteiger partial charge in [-0.3, -0.25) is 14.9 Å². The molecule has 21 heavy (non-hydrogen) atoms. The van der Waals surface area contributed by atoms with Crippen LogP contribution in [0.2, 0.25) is 0 Å². The van der Waals surface area contributed by atoms with Gasteiger partial charge in [0.1, 0.15) is 0 Å². The summed E-state index contributed by atoms with van der Waals surface area (Å²) in [5.74, 6) is -0.447. The SMILES string of the molecule is CCC1(C(=O)O)CCN(c2ncc(C)cc2[N+](=O)[O-])CC1. The van der Waals surface area contributed by atoms with E-state index in [1.807, 2.05) is 11.8 Å². The minimum atomic E-state index is -0.781. The number of aliphatic carboxylic acids is 1. The number of carbonyl (C=O) groups is 1. The van der Waals surface area contributed by atoms with Gasteiger partial charge >= 0.3 is 11.7 Å². The number of hydrogen-bond acceptors (Lipinski definition) is 5. The van der Waals surface area contributed by atoms with Gasteiger partial charge < -0.3 is 10.0 Å². The predicted octanol–water partition coefficient (Wildman–Crippen LogP) is 2.38. The quantitative estimate of drug-likeness (QED) is 0.676. The van der Waals surface area contributed by atoms with Gasteiger partial charge in [0.05, 0.1) is 10.3 Å². The highest BCUT2D eigenvalue weighted by Crippen LogP contribution is 2.38. The number of carboxylic acids is 1. The Morgan fingerprint density at radius 1 is 1.52 bits per heavy atom. The third kappa shape index (κ3) is 2.81. The molecule has 0 atom stereocenters. The molecule has 0 saturated carbocycles. The Labute approximate surface area is 122 Å². The van der Waals surface area contributed by atoms with Crippen molar-refractivity contribution in [3.8, 4) is 0 Å². The summed E-state index contributed by atoms with van der Waals surface area (Å²) in [5, 5.41) is 20.5. The van der Waals surface area contributed by atoms with Crippen molar-refractivity contribution in [3.05, 3.63) is 27.9 Å². The molecule has 1 saturated heterocycles. The lowest BCUT2D eigenvalue weighted by atomic mass is 9.76. The Morgan fingerprint density at radius 3 is 2.62 bits per heavy atom. The van der Waals surface area contributed by atoms with Crippen LogP contribution in [0.4, 0.5) is 11.5 Å². The van der Waals surface area contributed by atoms with Crippen LogP contribution in [-0.2, 0) is 4.79 Å². The van der Waals surface area contributed by atoms with Crippen LogP contribution in [0.25, 0.3) is 0 Å². The van der Waals surface area contributed by atoms with E-state index >= 15 is 0 Å². The first kappa shape index (κ1) is 15.2. The zero-order valence-corrected chi connectivity index (χ0v) is 12.2. The maximum atomic E-state index is 11.4. The summed E-state index contributed by atoms with van der Waals surface area (Å²) in [5.41, 5.74) is 0.000846. The number of hydrogen-bond donors (Lipinski definition) is 1. The fourth-order valence-electron chi connectivity index (χ4n) is 2.79. The molecule has 7 heteroatoms. The van der Waals surface area contributed by atoms with Crippen LogP contribution in [-0.4, -0.2) is 34.1 Å². The van der Waals surface area contributed by atoms with Gasteiger partial charge in [-0.2, -0.15) is 0 Å². The van der Waals surface area contributed by atoms with E-state index in [9.17, 15) is 20.0 Å². The summed E-state index contributed by atoms with van der Waals surface area (Å²) in [6.07, 6.45) is 3.12. The Morgan fingerprint density at radius 2 is 2.14 bits per heavy atom. The van der Waals surface area contributed by atoms with Crippen molar-refractivity contribution >= 4 is 17.5 Å². The van der Waals surface area contributed by atoms with Crippen molar-refractivity contribution in [2.24, 2.45) is 5.41 Å². The van der Waals surface area contributed by atoms with Gasteiger partial charge in [-0.15, -0.1) is 0 Å². The van der Waals surface area contributed by atoms with Crippen molar-refractivity contribution in [1.82, 2.24) is 4.98 Å². The highest BCUT2D eigenvalue weighted by Gasteiger charge is 2.41. The van der Waals surface area contributed by atoms with Crippen molar-refractivity contribution in [2.75, 3.05) is 18.0 Å². The van der Waals surface area contributed by atoms with E-state index in [4.69, 9.17) is 0 Å². The fourth-order valence-corrected chi connectivity index (χ4v) is 2.79. The number of aryl methyl sites for hydroxylation is 1. The zero-order valence-electron chi connectivity index (χ0n) is 12.2. The minimum Gasteiger partial charge on any atom is -0.481 e. The van der Waals surface area contributed by atoms with Crippen LogP contribution < -0.4 is 4.90 Å². The summed E-state index contributed by atoms with van der Waals surface area (Å²) in [6.45, 7) is 4.57. The van der Waals surface area contributed by atoms with Gasteiger partial charge in [0.15, 0.2) is 0 Å². The van der Waals surface area contributed by atoms with E-state index < -0.39 is 16.3 Å². The molecule has 114 valence electrons. The average molecular weight is 293 g/mol. The van der Waals surface area contributed by atoms with E-state index in [0.29, 0.717) is 38.2 Å². The van der Waals surface area contributed by atoms with Gasteiger partial charge in [0.2, 0.25) is 5.82 Å². The molecular formula is C14H19N3O4. The van der Waals surface area contributed by atoms with Gasteiger partial charge in [0, 0.05) is 25.4 Å². The maximum absolute atomic E-state index is 11.4. The number of anilines is 1. The van der Waals surface area contributed by atoms with Crippen LogP contribution in [0.3, 0.4) is 0 Å². The number of aromatic nitrogens is 1. The highest BCUT2D eigenvalue weighted by atomic mass is 16.6. The van der Waals surface area contributed by atoms with Gasteiger partial charge in [0.25, 0.3) is 0 Å². The van der Waals surface area contributed by atoms with Crippen LogP contribution in [0.5, 0.6) is 0 Å². The van der Waals surface area contributed by atoms with Crippen molar-refractivity contribution in [2.45, 2.75) is 33.1 Å². The molecule has 7 nitrogen and oxygen atoms in total. The molecule has 2 heterocycles. The third-order valence-corrected chi connectivity index (χ3v) is 4.33. The standard InChI is InChI=1S/C14H19N3O4/c1-3-14(13(18)19)4-6-16(7-5-14)12-11(17(20)21)8-10(2)9-15-12/h8-9H,3-7H2,1-2H3,(H,18,19). The summed E-state index contributed by atoms with van der Waals surface area (Å²) < 4.78 is 0. The van der Waals surface area contributed by atoms with Crippen LogP contribution in [0.1, 0.15) is 31.7 Å². The molecule has 0 aliphatic carbocycles. The average Bonchev–Trinajstić information content (AvgIpc) is 2.47. The Hall–Kier alpha value is -2.18. The lowest BCUT2D eigenvalue weighted by molar-refractivity contribution is -0.384. The molecule has 0 radical (unpaired) electrons. The molecular weight excluding hydrogens is 274 g/mol.